The Balaban J connectivity index is 1.90. The summed E-state index contributed by atoms with van der Waals surface area (Å²) < 4.78 is 2.85. The standard InChI is InChI=1S/C18H22BrN5O/c1-12(2)16(11-25)23-14-6-15(18-22-9-17(19)24(18)10-14)21-8-13-4-3-5-20-7-13/h3-7,9-10,12,16,21,23,25H,8,11H2,1-2H3/t16-/m0/s1. The molecule has 25 heavy (non-hydrogen) atoms. The van der Waals surface area contributed by atoms with Crippen molar-refractivity contribution in [3.8, 4) is 0 Å². The molecule has 0 saturated heterocycles. The molecule has 132 valence electrons. The Bertz CT molecular complexity index is 834. The van der Waals surface area contributed by atoms with Crippen molar-refractivity contribution in [2.75, 3.05) is 17.2 Å². The van der Waals surface area contributed by atoms with Gasteiger partial charge >= 0.3 is 0 Å². The summed E-state index contributed by atoms with van der Waals surface area (Å²) in [7, 11) is 0. The van der Waals surface area contributed by atoms with Gasteiger partial charge in [0.15, 0.2) is 5.65 Å². The normalized spacial score (nSPS) is 12.5. The molecule has 0 aromatic carbocycles. The van der Waals surface area contributed by atoms with Crippen LogP contribution in [0.1, 0.15) is 19.4 Å². The van der Waals surface area contributed by atoms with Crippen molar-refractivity contribution in [2.24, 2.45) is 5.92 Å². The number of hydrogen-bond acceptors (Lipinski definition) is 5. The molecule has 3 heterocycles. The van der Waals surface area contributed by atoms with E-state index in [0.717, 1.165) is 27.2 Å². The van der Waals surface area contributed by atoms with Crippen molar-refractivity contribution in [3.05, 3.63) is 53.2 Å². The number of hydrogen-bond donors (Lipinski definition) is 3. The molecule has 6 nitrogen and oxygen atoms in total. The zero-order chi connectivity index (χ0) is 17.8. The summed E-state index contributed by atoms with van der Waals surface area (Å²) in [4.78, 5) is 8.61. The lowest BCUT2D eigenvalue weighted by atomic mass is 10.1. The van der Waals surface area contributed by atoms with Gasteiger partial charge in [0.2, 0.25) is 0 Å². The molecule has 0 amide bonds. The first-order valence-electron chi connectivity index (χ1n) is 8.25. The van der Waals surface area contributed by atoms with Crippen molar-refractivity contribution in [3.63, 3.8) is 0 Å². The molecular weight excluding hydrogens is 382 g/mol. The van der Waals surface area contributed by atoms with Crippen LogP contribution in [-0.4, -0.2) is 32.1 Å². The van der Waals surface area contributed by atoms with Gasteiger partial charge in [-0.3, -0.25) is 9.38 Å². The lowest BCUT2D eigenvalue weighted by Gasteiger charge is -2.22. The molecule has 0 fully saturated rings. The predicted octanol–water partition coefficient (Wildman–Crippen LogP) is 3.53. The van der Waals surface area contributed by atoms with Crippen LogP contribution in [0.25, 0.3) is 5.65 Å². The monoisotopic (exact) mass is 403 g/mol. The summed E-state index contributed by atoms with van der Waals surface area (Å²) in [6, 6.07) is 5.97. The van der Waals surface area contributed by atoms with Crippen LogP contribution in [0, 0.1) is 5.92 Å². The van der Waals surface area contributed by atoms with Crippen LogP contribution in [-0.2, 0) is 6.54 Å². The molecule has 3 aromatic rings. The predicted molar refractivity (Wildman–Crippen MR) is 104 cm³/mol. The average Bonchev–Trinajstić information content (AvgIpc) is 2.99. The van der Waals surface area contributed by atoms with Crippen molar-refractivity contribution in [1.29, 1.82) is 0 Å². The average molecular weight is 404 g/mol. The highest BCUT2D eigenvalue weighted by molar-refractivity contribution is 9.10. The Morgan fingerprint density at radius 3 is 2.84 bits per heavy atom. The molecule has 0 aliphatic heterocycles. The number of rotatable bonds is 7. The van der Waals surface area contributed by atoms with Crippen LogP contribution >= 0.6 is 15.9 Å². The van der Waals surface area contributed by atoms with E-state index in [9.17, 15) is 5.11 Å². The second-order valence-electron chi connectivity index (χ2n) is 6.31. The van der Waals surface area contributed by atoms with E-state index in [2.05, 4.69) is 50.4 Å². The third kappa shape index (κ3) is 4.11. The largest absolute Gasteiger partial charge is 0.394 e. The lowest BCUT2D eigenvalue weighted by Crippen LogP contribution is -2.29. The maximum Gasteiger partial charge on any atom is 0.161 e. The van der Waals surface area contributed by atoms with Crippen LogP contribution in [0.2, 0.25) is 0 Å². The number of nitrogens with one attached hydrogen (secondary N) is 2. The number of nitrogens with zero attached hydrogens (tertiary/aromatic N) is 3. The van der Waals surface area contributed by atoms with Crippen LogP contribution in [0.15, 0.2) is 47.6 Å². The Hall–Kier alpha value is -2.12. The first-order valence-corrected chi connectivity index (χ1v) is 9.04. The molecule has 0 unspecified atom stereocenters. The maximum absolute atomic E-state index is 9.59. The molecule has 0 spiro atoms. The summed E-state index contributed by atoms with van der Waals surface area (Å²) >= 11 is 3.53. The summed E-state index contributed by atoms with van der Waals surface area (Å²) in [5.41, 5.74) is 3.78. The van der Waals surface area contributed by atoms with Crippen LogP contribution in [0.4, 0.5) is 11.4 Å². The number of halogens is 1. The van der Waals surface area contributed by atoms with Gasteiger partial charge in [0.25, 0.3) is 0 Å². The Morgan fingerprint density at radius 2 is 2.16 bits per heavy atom. The van der Waals surface area contributed by atoms with E-state index in [4.69, 9.17) is 0 Å². The van der Waals surface area contributed by atoms with Crippen molar-refractivity contribution >= 4 is 33.0 Å². The van der Waals surface area contributed by atoms with Gasteiger partial charge in [0, 0.05) is 25.1 Å². The van der Waals surface area contributed by atoms with Gasteiger partial charge in [0.05, 0.1) is 30.2 Å². The molecule has 3 aromatic heterocycles. The second-order valence-corrected chi connectivity index (χ2v) is 7.12. The van der Waals surface area contributed by atoms with E-state index in [1.807, 2.05) is 35.0 Å². The SMILES string of the molecule is CC(C)[C@H](CO)Nc1cc(NCc2cccnc2)c2ncc(Br)n2c1. The third-order valence-corrected chi connectivity index (χ3v) is 4.71. The number of aliphatic hydroxyl groups excluding tert-OH is 1. The molecule has 0 bridgehead atoms. The maximum atomic E-state index is 9.59. The van der Waals surface area contributed by atoms with E-state index in [1.54, 1.807) is 12.4 Å². The fourth-order valence-corrected chi connectivity index (χ4v) is 2.98. The number of imidazole rings is 1. The number of anilines is 2. The van der Waals surface area contributed by atoms with Gasteiger partial charge < -0.3 is 15.7 Å². The highest BCUT2D eigenvalue weighted by Gasteiger charge is 2.14. The highest BCUT2D eigenvalue weighted by atomic mass is 79.9. The van der Waals surface area contributed by atoms with Crippen molar-refractivity contribution in [1.82, 2.24) is 14.4 Å². The summed E-state index contributed by atoms with van der Waals surface area (Å²) in [6.07, 6.45) is 7.36. The van der Waals surface area contributed by atoms with Gasteiger partial charge in [-0.1, -0.05) is 19.9 Å². The number of aliphatic hydroxyl groups is 1. The summed E-state index contributed by atoms with van der Waals surface area (Å²) in [5.74, 6) is 0.318. The molecule has 0 aliphatic rings. The quantitative estimate of drug-likeness (QED) is 0.562. The molecule has 0 radical (unpaired) electrons. The smallest absolute Gasteiger partial charge is 0.161 e. The fourth-order valence-electron chi connectivity index (χ4n) is 2.60. The minimum Gasteiger partial charge on any atom is -0.394 e. The van der Waals surface area contributed by atoms with Gasteiger partial charge in [-0.25, -0.2) is 4.98 Å². The van der Waals surface area contributed by atoms with Crippen LogP contribution in [0.3, 0.4) is 0 Å². The fraction of sp³-hybridized carbons (Fsp3) is 0.333. The molecular formula is C18H22BrN5O. The zero-order valence-electron chi connectivity index (χ0n) is 14.3. The number of pyridine rings is 2. The molecule has 3 N–H and O–H groups in total. The summed E-state index contributed by atoms with van der Waals surface area (Å²) in [6.45, 7) is 4.91. The topological polar surface area (TPSA) is 74.5 Å². The minimum atomic E-state index is -0.00841. The van der Waals surface area contributed by atoms with E-state index >= 15 is 0 Å². The van der Waals surface area contributed by atoms with Gasteiger partial charge in [-0.15, -0.1) is 0 Å². The van der Waals surface area contributed by atoms with Crippen LogP contribution < -0.4 is 10.6 Å². The third-order valence-electron chi connectivity index (χ3n) is 4.12. The van der Waals surface area contributed by atoms with Gasteiger partial charge in [-0.05, 0) is 39.5 Å². The summed E-state index contributed by atoms with van der Waals surface area (Å²) in [5, 5.41) is 16.4. The Kier molecular flexibility index (Phi) is 5.55. The minimum absolute atomic E-state index is 0.00841. The number of aromatic nitrogens is 3. The zero-order valence-corrected chi connectivity index (χ0v) is 15.9. The molecule has 0 saturated carbocycles. The molecule has 0 aliphatic carbocycles. The van der Waals surface area contributed by atoms with E-state index in [-0.39, 0.29) is 12.6 Å². The second kappa shape index (κ2) is 7.84. The van der Waals surface area contributed by atoms with Crippen molar-refractivity contribution in [2.45, 2.75) is 26.4 Å². The number of fused-ring (bicyclic) bond motifs is 1. The van der Waals surface area contributed by atoms with Gasteiger partial charge in [-0.2, -0.15) is 0 Å². The van der Waals surface area contributed by atoms with E-state index in [1.165, 1.54) is 0 Å². The van der Waals surface area contributed by atoms with E-state index < -0.39 is 0 Å². The Morgan fingerprint density at radius 1 is 1.32 bits per heavy atom. The van der Waals surface area contributed by atoms with Crippen molar-refractivity contribution < 1.29 is 5.11 Å². The molecule has 1 atom stereocenters. The van der Waals surface area contributed by atoms with Crippen LogP contribution in [0.5, 0.6) is 0 Å². The Labute approximate surface area is 155 Å². The van der Waals surface area contributed by atoms with E-state index in [0.29, 0.717) is 12.5 Å². The lowest BCUT2D eigenvalue weighted by molar-refractivity contribution is 0.249. The highest BCUT2D eigenvalue weighted by Crippen LogP contribution is 2.26. The van der Waals surface area contributed by atoms with Gasteiger partial charge in [0.1, 0.15) is 4.60 Å². The first-order chi connectivity index (χ1) is 12.1. The molecule has 3 rings (SSSR count). The molecule has 7 heteroatoms. The first kappa shape index (κ1) is 17.7.